The average Bonchev–Trinajstić information content (AvgIpc) is 4.21. The Kier molecular flexibility index (Phi) is 12.0. The van der Waals surface area contributed by atoms with Crippen LogP contribution >= 0.6 is 91.5 Å². The number of thiophene rings is 6. The van der Waals surface area contributed by atoms with Crippen molar-refractivity contribution in [1.82, 2.24) is 0 Å². The van der Waals surface area contributed by atoms with Gasteiger partial charge in [0.2, 0.25) is 0 Å². The fourth-order valence-electron chi connectivity index (χ4n) is 11.6. The zero-order valence-electron chi connectivity index (χ0n) is 40.6. The standard InChI is InChI=1S/C54H56O2S8Si4/c1-12-14-15-28(13-2)25-56-54(55)37-17-33-47(36-24-45-51(62-36)32-20-40-31(21-44(32)68(45,10)11)48-41(65(40)7)16-26(3)59-48)64-53(52(33)63-37)35-23-43-50(61-35)30-19-38-29(18-39(30)67(43)9)49-42(66(38)8)22-34(60-49)46(58-6)27(4)57-5/h16-24,28,65-67H,12-15,25H2,1-11H3/b46-27+. The van der Waals surface area contributed by atoms with Gasteiger partial charge in [0.05, 0.1) is 21.1 Å². The molecule has 4 atom stereocenters. The van der Waals surface area contributed by atoms with Crippen molar-refractivity contribution >= 4 is 188 Å². The average molecular weight is 1110 g/mol. The van der Waals surface area contributed by atoms with Gasteiger partial charge in [0.25, 0.3) is 0 Å². The van der Waals surface area contributed by atoms with Crippen LogP contribution in [0.4, 0.5) is 0 Å². The smallest absolute Gasteiger partial charge is 0.348 e. The molecule has 348 valence electrons. The van der Waals surface area contributed by atoms with Crippen molar-refractivity contribution in [3.63, 3.8) is 0 Å². The van der Waals surface area contributed by atoms with Crippen molar-refractivity contribution in [2.75, 3.05) is 19.1 Å². The molecule has 0 aliphatic carbocycles. The molecule has 6 aromatic heterocycles. The minimum Gasteiger partial charge on any atom is -0.461 e. The van der Waals surface area contributed by atoms with Crippen LogP contribution in [0.5, 0.6) is 0 Å². The molecule has 0 N–H and O–H groups in total. The second-order valence-electron chi connectivity index (χ2n) is 20.0. The monoisotopic (exact) mass is 1100 g/mol. The van der Waals surface area contributed by atoms with Crippen molar-refractivity contribution in [3.8, 4) is 61.3 Å². The molecule has 0 fully saturated rings. The molecular weight excluding hydrogens is 1050 g/mol. The molecule has 0 bridgehead atoms. The van der Waals surface area contributed by atoms with E-state index in [0.717, 1.165) is 17.7 Å². The third-order valence-electron chi connectivity index (χ3n) is 15.8. The van der Waals surface area contributed by atoms with E-state index < -0.39 is 34.5 Å². The lowest BCUT2D eigenvalue weighted by molar-refractivity contribution is 0.0434. The van der Waals surface area contributed by atoms with Gasteiger partial charge in [0.1, 0.15) is 39.3 Å². The van der Waals surface area contributed by atoms with Crippen molar-refractivity contribution in [3.05, 3.63) is 74.1 Å². The number of rotatable bonds is 12. The van der Waals surface area contributed by atoms with Gasteiger partial charge < -0.3 is 4.74 Å². The summed E-state index contributed by atoms with van der Waals surface area (Å²) in [6, 6.07) is 23.0. The number of benzene rings is 2. The van der Waals surface area contributed by atoms with Crippen LogP contribution in [0.2, 0.25) is 32.7 Å². The maximum atomic E-state index is 14.0. The molecule has 12 rings (SSSR count). The zero-order valence-corrected chi connectivity index (χ0v) is 51.6. The van der Waals surface area contributed by atoms with E-state index in [-0.39, 0.29) is 5.97 Å². The Morgan fingerprint density at radius 2 is 1.25 bits per heavy atom. The lowest BCUT2D eigenvalue weighted by Crippen LogP contribution is -2.49. The van der Waals surface area contributed by atoms with Crippen LogP contribution in [-0.2, 0) is 4.74 Å². The Morgan fingerprint density at radius 1 is 0.632 bits per heavy atom. The number of allylic oxidation sites excluding steroid dienone is 1. The van der Waals surface area contributed by atoms with E-state index in [9.17, 15) is 4.79 Å². The van der Waals surface area contributed by atoms with Crippen LogP contribution in [0.3, 0.4) is 0 Å². The third-order valence-corrected chi connectivity index (χ3v) is 38.0. The van der Waals surface area contributed by atoms with E-state index in [4.69, 9.17) is 4.74 Å². The second kappa shape index (κ2) is 17.4. The van der Waals surface area contributed by atoms with Crippen LogP contribution < -0.4 is 41.5 Å². The number of aryl methyl sites for hydroxylation is 1. The lowest BCUT2D eigenvalue weighted by atomic mass is 10.0. The van der Waals surface area contributed by atoms with Crippen molar-refractivity contribution in [1.29, 1.82) is 0 Å². The molecule has 0 amide bonds. The van der Waals surface area contributed by atoms with Gasteiger partial charge in [-0.1, -0.05) is 90.1 Å². The quantitative estimate of drug-likeness (QED) is 0.0900. The summed E-state index contributed by atoms with van der Waals surface area (Å²) in [5, 5.41) is 14.2. The molecule has 14 heteroatoms. The molecule has 4 aliphatic rings. The van der Waals surface area contributed by atoms with Gasteiger partial charge in [-0.15, -0.1) is 91.5 Å². The molecule has 68 heavy (non-hydrogen) atoms. The SMILES string of the molecule is CCCCC(CC)COC(=O)c1cc2c(-c3cc4c(s3)-c3cc5c(cc3[Si]4(C)C)-c3sc(C)cc3[SiH]5C)sc(-c3cc4c(s3)-c3cc5c(cc3[SiH]4C)-c3sc(/C(SC)=C(/C)SC)cc3[SiH]5C)c2s1. The Balaban J connectivity index is 0.943. The van der Waals surface area contributed by atoms with Crippen molar-refractivity contribution < 1.29 is 9.53 Å². The first kappa shape index (κ1) is 46.7. The van der Waals surface area contributed by atoms with E-state index in [1.54, 1.807) is 68.1 Å². The summed E-state index contributed by atoms with van der Waals surface area (Å²) in [6.45, 7) is 22.3. The van der Waals surface area contributed by atoms with Gasteiger partial charge in [-0.2, -0.15) is 0 Å². The van der Waals surface area contributed by atoms with E-state index in [1.807, 2.05) is 80.2 Å². The van der Waals surface area contributed by atoms with Crippen molar-refractivity contribution in [2.45, 2.75) is 86.1 Å². The van der Waals surface area contributed by atoms with E-state index in [2.05, 4.69) is 128 Å². The summed E-state index contributed by atoms with van der Waals surface area (Å²) in [4.78, 5) is 32.0. The lowest BCUT2D eigenvalue weighted by Gasteiger charge is -2.19. The fourth-order valence-corrected chi connectivity index (χ4v) is 34.6. The summed E-state index contributed by atoms with van der Waals surface area (Å²) in [7, 11) is -5.94. The highest BCUT2D eigenvalue weighted by Gasteiger charge is 2.43. The summed E-state index contributed by atoms with van der Waals surface area (Å²) in [5.41, 5.74) is 6.10. The highest BCUT2D eigenvalue weighted by atomic mass is 32.2. The number of carbonyl (C=O) groups is 1. The fraction of sp³-hybridized carbons (Fsp3) is 0.315. The number of fused-ring (bicyclic) bond motifs is 13. The van der Waals surface area contributed by atoms with Gasteiger partial charge in [0.15, 0.2) is 0 Å². The largest absolute Gasteiger partial charge is 0.461 e. The molecule has 2 nitrogen and oxygen atoms in total. The van der Waals surface area contributed by atoms with Crippen LogP contribution in [0.1, 0.15) is 65.9 Å². The Morgan fingerprint density at radius 3 is 1.93 bits per heavy atom. The number of ether oxygens (including phenoxy) is 1. The number of unbranched alkanes of at least 4 members (excludes halogenated alkanes) is 1. The molecule has 8 aromatic rings. The van der Waals surface area contributed by atoms with E-state index in [1.165, 1.54) is 88.4 Å². The summed E-state index contributed by atoms with van der Waals surface area (Å²) >= 11 is 15.5. The van der Waals surface area contributed by atoms with Crippen LogP contribution in [0.15, 0.2) is 59.5 Å². The summed E-state index contributed by atoms with van der Waals surface area (Å²) in [5.74, 6) is 0.252. The third kappa shape index (κ3) is 7.03. The Hall–Kier alpha value is -2.32. The molecule has 0 saturated heterocycles. The normalized spacial score (nSPS) is 18.5. The highest BCUT2D eigenvalue weighted by Crippen LogP contribution is 2.53. The number of esters is 1. The van der Waals surface area contributed by atoms with Crippen LogP contribution in [0, 0.1) is 12.8 Å². The highest BCUT2D eigenvalue weighted by molar-refractivity contribution is 8.10. The number of thioether (sulfide) groups is 2. The first-order valence-electron chi connectivity index (χ1n) is 24.2. The first-order chi connectivity index (χ1) is 32.7. The van der Waals surface area contributed by atoms with Crippen LogP contribution in [0.25, 0.3) is 76.3 Å². The molecular formula is C54H56O2S8Si4. The number of hydrogen-bond donors (Lipinski definition) is 0. The molecule has 0 radical (unpaired) electrons. The van der Waals surface area contributed by atoms with Gasteiger partial charge in [-0.05, 0) is 138 Å². The predicted molar refractivity (Wildman–Crippen MR) is 325 cm³/mol. The second-order valence-corrected chi connectivity index (χ2v) is 40.7. The minimum atomic E-state index is -1.96. The molecule has 0 spiro atoms. The first-order valence-corrected chi connectivity index (χ1v) is 41.4. The molecule has 0 saturated carbocycles. The maximum Gasteiger partial charge on any atom is 0.348 e. The van der Waals surface area contributed by atoms with Crippen molar-refractivity contribution in [2.24, 2.45) is 5.92 Å². The van der Waals surface area contributed by atoms with E-state index >= 15 is 0 Å². The maximum absolute atomic E-state index is 14.0. The number of hydrogen-bond acceptors (Lipinski definition) is 10. The topological polar surface area (TPSA) is 26.3 Å². The Labute approximate surface area is 440 Å². The number of carbonyl (C=O) groups excluding carboxylic acids is 1. The molecule has 10 heterocycles. The zero-order chi connectivity index (χ0) is 47.2. The van der Waals surface area contributed by atoms with Crippen LogP contribution in [-0.4, -0.2) is 59.6 Å². The molecule has 4 unspecified atom stereocenters. The predicted octanol–water partition coefficient (Wildman–Crippen LogP) is 12.3. The molecule has 4 aliphatic heterocycles. The van der Waals surface area contributed by atoms with Gasteiger partial charge >= 0.3 is 5.97 Å². The Bertz CT molecular complexity index is 3460. The van der Waals surface area contributed by atoms with Gasteiger partial charge in [-0.25, -0.2) is 4.79 Å². The molecule has 2 aromatic carbocycles. The minimum absolute atomic E-state index is 0.161. The van der Waals surface area contributed by atoms with Gasteiger partial charge in [0, 0.05) is 49.3 Å². The van der Waals surface area contributed by atoms with Gasteiger partial charge in [-0.3, -0.25) is 0 Å². The van der Waals surface area contributed by atoms with E-state index in [0.29, 0.717) is 12.5 Å². The summed E-state index contributed by atoms with van der Waals surface area (Å²) in [6.07, 6.45) is 8.92. The summed E-state index contributed by atoms with van der Waals surface area (Å²) < 4.78 is 7.40.